The number of benzene rings is 2. The Hall–Kier alpha value is -1.93. The molecular formula is C19H20FN. The third-order valence-electron chi connectivity index (χ3n) is 4.08. The van der Waals surface area contributed by atoms with Gasteiger partial charge in [0.2, 0.25) is 0 Å². The van der Waals surface area contributed by atoms with E-state index in [1.54, 1.807) is 12.1 Å². The summed E-state index contributed by atoms with van der Waals surface area (Å²) in [6.07, 6.45) is 5.16. The van der Waals surface area contributed by atoms with Crippen LogP contribution in [0.4, 0.5) is 4.39 Å². The van der Waals surface area contributed by atoms with Crippen LogP contribution in [0, 0.1) is 5.82 Å². The lowest BCUT2D eigenvalue weighted by atomic mass is 9.93. The molecule has 1 nitrogen and oxygen atoms in total. The van der Waals surface area contributed by atoms with Crippen LogP contribution in [0.2, 0.25) is 0 Å². The van der Waals surface area contributed by atoms with Gasteiger partial charge >= 0.3 is 0 Å². The summed E-state index contributed by atoms with van der Waals surface area (Å²) in [5.41, 5.74) is 6.06. The number of hydrogen-bond acceptors (Lipinski definition) is 1. The van der Waals surface area contributed by atoms with Gasteiger partial charge in [-0.25, -0.2) is 4.39 Å². The lowest BCUT2D eigenvalue weighted by Crippen LogP contribution is -2.06. The maximum Gasteiger partial charge on any atom is 0.123 e. The van der Waals surface area contributed by atoms with Gasteiger partial charge in [-0.1, -0.05) is 36.4 Å². The summed E-state index contributed by atoms with van der Waals surface area (Å²) in [6.45, 7) is 0.927. The Bertz CT molecular complexity index is 673. The van der Waals surface area contributed by atoms with Gasteiger partial charge in [0.05, 0.1) is 0 Å². The second-order valence-electron chi connectivity index (χ2n) is 5.47. The van der Waals surface area contributed by atoms with Crippen molar-refractivity contribution in [2.45, 2.75) is 19.3 Å². The largest absolute Gasteiger partial charge is 0.319 e. The Morgan fingerprint density at radius 2 is 1.81 bits per heavy atom. The van der Waals surface area contributed by atoms with Crippen LogP contribution in [0.5, 0.6) is 0 Å². The third kappa shape index (κ3) is 2.91. The molecule has 0 saturated heterocycles. The first-order valence-corrected chi connectivity index (χ1v) is 7.51. The molecule has 21 heavy (non-hydrogen) atoms. The molecule has 0 saturated carbocycles. The van der Waals surface area contributed by atoms with Crippen molar-refractivity contribution in [3.05, 3.63) is 76.6 Å². The van der Waals surface area contributed by atoms with Crippen molar-refractivity contribution < 1.29 is 4.39 Å². The number of fused-ring (bicyclic) bond motifs is 2. The molecule has 2 aromatic carbocycles. The van der Waals surface area contributed by atoms with Crippen molar-refractivity contribution in [1.82, 2.24) is 5.32 Å². The number of rotatable bonds is 3. The van der Waals surface area contributed by atoms with Crippen LogP contribution < -0.4 is 5.32 Å². The minimum atomic E-state index is -0.160. The van der Waals surface area contributed by atoms with Crippen molar-refractivity contribution >= 4 is 5.57 Å². The molecule has 2 aromatic rings. The lowest BCUT2D eigenvalue weighted by Gasteiger charge is -2.12. The molecule has 0 unspecified atom stereocenters. The Morgan fingerprint density at radius 3 is 2.62 bits per heavy atom. The first kappa shape index (κ1) is 14.0. The molecule has 0 radical (unpaired) electrons. The van der Waals surface area contributed by atoms with Gasteiger partial charge in [0.15, 0.2) is 0 Å². The fourth-order valence-electron chi connectivity index (χ4n) is 3.01. The van der Waals surface area contributed by atoms with Gasteiger partial charge in [-0.2, -0.15) is 0 Å². The monoisotopic (exact) mass is 281 g/mol. The van der Waals surface area contributed by atoms with Crippen LogP contribution >= 0.6 is 0 Å². The average Bonchev–Trinajstić information content (AvgIpc) is 2.65. The molecule has 3 rings (SSSR count). The van der Waals surface area contributed by atoms with Crippen LogP contribution in [-0.4, -0.2) is 13.6 Å². The van der Waals surface area contributed by atoms with E-state index >= 15 is 0 Å². The molecule has 1 aliphatic carbocycles. The molecule has 0 atom stereocenters. The quantitative estimate of drug-likeness (QED) is 0.840. The van der Waals surface area contributed by atoms with Crippen molar-refractivity contribution in [2.75, 3.05) is 13.6 Å². The summed E-state index contributed by atoms with van der Waals surface area (Å²) in [7, 11) is 1.95. The van der Waals surface area contributed by atoms with Gasteiger partial charge < -0.3 is 5.32 Å². The zero-order chi connectivity index (χ0) is 14.7. The summed E-state index contributed by atoms with van der Waals surface area (Å²) < 4.78 is 13.7. The molecule has 0 fully saturated rings. The molecule has 1 aliphatic rings. The number of nitrogens with one attached hydrogen (secondary N) is 1. The molecular weight excluding hydrogens is 261 g/mol. The number of hydrogen-bond donors (Lipinski definition) is 1. The first-order valence-electron chi connectivity index (χ1n) is 7.51. The summed E-state index contributed by atoms with van der Waals surface area (Å²) in [6, 6.07) is 13.7. The molecule has 0 heterocycles. The highest BCUT2D eigenvalue weighted by molar-refractivity contribution is 5.83. The van der Waals surface area contributed by atoms with E-state index in [9.17, 15) is 4.39 Å². The third-order valence-corrected chi connectivity index (χ3v) is 4.08. The average molecular weight is 281 g/mol. The Morgan fingerprint density at radius 1 is 1.05 bits per heavy atom. The normalized spacial score (nSPS) is 15.4. The van der Waals surface area contributed by atoms with Gasteiger partial charge in [-0.05, 0) is 72.8 Å². The second kappa shape index (κ2) is 6.23. The van der Waals surface area contributed by atoms with E-state index in [2.05, 4.69) is 35.7 Å². The first-order chi connectivity index (χ1) is 10.3. The Balaban J connectivity index is 2.14. The van der Waals surface area contributed by atoms with E-state index in [-0.39, 0.29) is 5.82 Å². The van der Waals surface area contributed by atoms with Gasteiger partial charge in [0, 0.05) is 0 Å². The van der Waals surface area contributed by atoms with E-state index in [1.165, 1.54) is 22.3 Å². The minimum Gasteiger partial charge on any atom is -0.319 e. The van der Waals surface area contributed by atoms with Gasteiger partial charge in [-0.3, -0.25) is 0 Å². The standard InChI is InChI=1S/C19H20FN/c1-21-12-4-7-18-17-6-3-2-5-14(17)8-9-15-10-11-16(20)13-19(15)18/h2-3,5-7,10-11,13,21H,4,8-9,12H2,1H3/b18-7+. The minimum absolute atomic E-state index is 0.160. The van der Waals surface area contributed by atoms with Crippen molar-refractivity contribution in [3.8, 4) is 0 Å². The van der Waals surface area contributed by atoms with Crippen LogP contribution in [0.25, 0.3) is 5.57 Å². The Labute approximate surface area is 125 Å². The molecule has 0 spiro atoms. The van der Waals surface area contributed by atoms with E-state index in [0.29, 0.717) is 0 Å². The van der Waals surface area contributed by atoms with Gasteiger partial charge in [0.1, 0.15) is 5.82 Å². The van der Waals surface area contributed by atoms with Gasteiger partial charge in [0.25, 0.3) is 0 Å². The summed E-state index contributed by atoms with van der Waals surface area (Å²) >= 11 is 0. The zero-order valence-electron chi connectivity index (χ0n) is 12.3. The molecule has 0 bridgehead atoms. The van der Waals surface area contributed by atoms with Crippen molar-refractivity contribution in [2.24, 2.45) is 0 Å². The summed E-state index contributed by atoms with van der Waals surface area (Å²) in [4.78, 5) is 0. The van der Waals surface area contributed by atoms with Crippen LogP contribution in [0.3, 0.4) is 0 Å². The predicted molar refractivity (Wildman–Crippen MR) is 85.9 cm³/mol. The fourth-order valence-corrected chi connectivity index (χ4v) is 3.01. The molecule has 0 aromatic heterocycles. The summed E-state index contributed by atoms with van der Waals surface area (Å²) in [5, 5.41) is 3.16. The van der Waals surface area contributed by atoms with Crippen molar-refractivity contribution in [1.29, 1.82) is 0 Å². The lowest BCUT2D eigenvalue weighted by molar-refractivity contribution is 0.626. The van der Waals surface area contributed by atoms with E-state index in [4.69, 9.17) is 0 Å². The van der Waals surface area contributed by atoms with E-state index in [0.717, 1.165) is 31.4 Å². The predicted octanol–water partition coefficient (Wildman–Crippen LogP) is 3.97. The molecule has 0 aliphatic heterocycles. The van der Waals surface area contributed by atoms with Crippen LogP contribution in [-0.2, 0) is 12.8 Å². The maximum absolute atomic E-state index is 13.7. The molecule has 1 N–H and O–H groups in total. The molecule has 0 amide bonds. The van der Waals surface area contributed by atoms with Crippen LogP contribution in [0.15, 0.2) is 48.5 Å². The summed E-state index contributed by atoms with van der Waals surface area (Å²) in [5.74, 6) is -0.160. The fraction of sp³-hybridized carbons (Fsp3) is 0.263. The highest BCUT2D eigenvalue weighted by Gasteiger charge is 2.17. The van der Waals surface area contributed by atoms with Gasteiger partial charge in [-0.15, -0.1) is 0 Å². The highest BCUT2D eigenvalue weighted by Crippen LogP contribution is 2.34. The van der Waals surface area contributed by atoms with E-state index in [1.807, 2.05) is 13.1 Å². The smallest absolute Gasteiger partial charge is 0.123 e. The van der Waals surface area contributed by atoms with Crippen molar-refractivity contribution in [3.63, 3.8) is 0 Å². The number of aryl methyl sites for hydroxylation is 2. The SMILES string of the molecule is CNCC/C=C1\c2ccccc2CCc2ccc(F)cc21. The highest BCUT2D eigenvalue weighted by atomic mass is 19.1. The van der Waals surface area contributed by atoms with Crippen LogP contribution in [0.1, 0.15) is 28.7 Å². The maximum atomic E-state index is 13.7. The van der Waals surface area contributed by atoms with E-state index < -0.39 is 0 Å². The molecule has 2 heteroatoms. The number of halogens is 1. The Kier molecular flexibility index (Phi) is 4.16. The zero-order valence-corrected chi connectivity index (χ0v) is 12.3. The topological polar surface area (TPSA) is 12.0 Å². The second-order valence-corrected chi connectivity index (χ2v) is 5.47. The molecule has 108 valence electrons.